The first-order valence-corrected chi connectivity index (χ1v) is 17.4. The molecular weight excluding hydrogens is 463 g/mol. The van der Waals surface area contributed by atoms with E-state index in [0.29, 0.717) is 11.8 Å². The molecule has 4 fully saturated rings. The molecule has 0 atom stereocenters. The van der Waals surface area contributed by atoms with Crippen molar-refractivity contribution in [3.05, 3.63) is 35.1 Å². The van der Waals surface area contributed by atoms with Crippen molar-refractivity contribution < 1.29 is 4.39 Å². The second kappa shape index (κ2) is 14.2. The van der Waals surface area contributed by atoms with Crippen LogP contribution in [0.5, 0.6) is 0 Å². The minimum absolute atomic E-state index is 0.109. The predicted molar refractivity (Wildman–Crippen MR) is 161 cm³/mol. The molecule has 0 saturated heterocycles. The highest BCUT2D eigenvalue weighted by Gasteiger charge is 2.33. The zero-order valence-corrected chi connectivity index (χ0v) is 25.1. The van der Waals surface area contributed by atoms with Crippen LogP contribution in [0, 0.1) is 41.3 Å². The van der Waals surface area contributed by atoms with Crippen LogP contribution >= 0.6 is 0 Å². The van der Waals surface area contributed by atoms with E-state index in [1.807, 2.05) is 6.07 Å². The molecule has 0 unspecified atom stereocenters. The number of unbranched alkanes of at least 4 members (excludes halogenated alkanes) is 2. The van der Waals surface area contributed by atoms with Gasteiger partial charge in [0.05, 0.1) is 0 Å². The maximum atomic E-state index is 15.4. The van der Waals surface area contributed by atoms with Crippen molar-refractivity contribution in [1.29, 1.82) is 0 Å². The van der Waals surface area contributed by atoms with Crippen molar-refractivity contribution in [2.45, 2.75) is 161 Å². The van der Waals surface area contributed by atoms with Gasteiger partial charge in [-0.15, -0.1) is 0 Å². The van der Waals surface area contributed by atoms with Crippen molar-refractivity contribution in [3.8, 4) is 0 Å². The number of halogens is 1. The fourth-order valence-electron chi connectivity index (χ4n) is 9.65. The van der Waals surface area contributed by atoms with Gasteiger partial charge < -0.3 is 0 Å². The molecule has 0 aromatic heterocycles. The molecule has 214 valence electrons. The summed E-state index contributed by atoms with van der Waals surface area (Å²) in [7, 11) is 0. The number of hydrogen-bond donors (Lipinski definition) is 0. The van der Waals surface area contributed by atoms with E-state index in [4.69, 9.17) is 0 Å². The first kappa shape index (κ1) is 28.7. The van der Waals surface area contributed by atoms with Crippen LogP contribution in [0.3, 0.4) is 0 Å². The van der Waals surface area contributed by atoms with E-state index in [1.165, 1.54) is 140 Å². The highest BCUT2D eigenvalue weighted by molar-refractivity contribution is 5.30. The highest BCUT2D eigenvalue weighted by Crippen LogP contribution is 2.47. The lowest BCUT2D eigenvalue weighted by atomic mass is 9.67. The van der Waals surface area contributed by atoms with E-state index < -0.39 is 0 Å². The summed E-state index contributed by atoms with van der Waals surface area (Å²) in [5.74, 6) is 6.97. The predicted octanol–water partition coefficient (Wildman–Crippen LogP) is 12.0. The summed E-state index contributed by atoms with van der Waals surface area (Å²) in [5.41, 5.74) is 2.33. The standard InChI is InChI=1S/C37H59F/c1-3-5-6-7-28-10-14-30(15-11-28)31-16-18-33(19-17-31)35-24-25-36(37(38)26-35)34-22-20-32(21-23-34)29-12-8-27(4-2)9-13-29/h24-34H,3-23H2,1-2H3. The molecule has 0 bridgehead atoms. The molecule has 0 heterocycles. The molecule has 0 aliphatic heterocycles. The van der Waals surface area contributed by atoms with Crippen LogP contribution in [-0.2, 0) is 0 Å². The van der Waals surface area contributed by atoms with Gasteiger partial charge in [0.25, 0.3) is 0 Å². The fourth-order valence-corrected chi connectivity index (χ4v) is 9.65. The third-order valence-corrected chi connectivity index (χ3v) is 12.4. The maximum Gasteiger partial charge on any atom is 0.126 e. The van der Waals surface area contributed by atoms with Gasteiger partial charge >= 0.3 is 0 Å². The molecule has 1 aromatic carbocycles. The SMILES string of the molecule is CCCCCC1CCC(C2CCC(c3ccc(C4CCC(C5CCC(CC)CC5)CC4)c(F)c3)CC2)CC1. The summed E-state index contributed by atoms with van der Waals surface area (Å²) in [6, 6.07) is 6.48. The zero-order chi connectivity index (χ0) is 26.3. The molecule has 0 amide bonds. The first-order chi connectivity index (χ1) is 18.6. The minimum Gasteiger partial charge on any atom is -0.207 e. The molecule has 0 nitrogen and oxygen atoms in total. The van der Waals surface area contributed by atoms with E-state index in [0.717, 1.165) is 41.1 Å². The monoisotopic (exact) mass is 522 g/mol. The smallest absolute Gasteiger partial charge is 0.126 e. The summed E-state index contributed by atoms with van der Waals surface area (Å²) < 4.78 is 15.4. The zero-order valence-electron chi connectivity index (χ0n) is 25.1. The summed E-state index contributed by atoms with van der Waals surface area (Å²) in [6.45, 7) is 4.68. The summed E-state index contributed by atoms with van der Waals surface area (Å²) in [4.78, 5) is 0. The fraction of sp³-hybridized carbons (Fsp3) is 0.838. The van der Waals surface area contributed by atoms with Crippen molar-refractivity contribution in [1.82, 2.24) is 0 Å². The lowest BCUT2D eigenvalue weighted by Crippen LogP contribution is -2.26. The molecule has 5 rings (SSSR count). The van der Waals surface area contributed by atoms with Crippen LogP contribution < -0.4 is 0 Å². The Labute approximate surface area is 235 Å². The van der Waals surface area contributed by atoms with Gasteiger partial charge in [0.2, 0.25) is 0 Å². The third-order valence-electron chi connectivity index (χ3n) is 12.4. The van der Waals surface area contributed by atoms with Gasteiger partial charge in [0.15, 0.2) is 0 Å². The van der Waals surface area contributed by atoms with E-state index >= 15 is 4.39 Å². The molecule has 4 aliphatic rings. The van der Waals surface area contributed by atoms with Gasteiger partial charge in [-0.25, -0.2) is 4.39 Å². The van der Waals surface area contributed by atoms with Gasteiger partial charge in [0, 0.05) is 0 Å². The minimum atomic E-state index is 0.109. The Hall–Kier alpha value is -0.850. The van der Waals surface area contributed by atoms with E-state index in [9.17, 15) is 0 Å². The maximum absolute atomic E-state index is 15.4. The number of hydrogen-bond acceptors (Lipinski definition) is 0. The van der Waals surface area contributed by atoms with Gasteiger partial charge in [-0.3, -0.25) is 0 Å². The summed E-state index contributed by atoms with van der Waals surface area (Å²) >= 11 is 0. The number of rotatable bonds is 9. The van der Waals surface area contributed by atoms with Crippen LogP contribution in [0.2, 0.25) is 0 Å². The third kappa shape index (κ3) is 7.26. The molecule has 0 N–H and O–H groups in total. The van der Waals surface area contributed by atoms with E-state index in [1.54, 1.807) is 0 Å². The van der Waals surface area contributed by atoms with Gasteiger partial charge in [-0.1, -0.05) is 83.8 Å². The van der Waals surface area contributed by atoms with Crippen molar-refractivity contribution in [2.24, 2.45) is 35.5 Å². The first-order valence-electron chi connectivity index (χ1n) is 17.4. The van der Waals surface area contributed by atoms with Crippen LogP contribution in [0.15, 0.2) is 18.2 Å². The average molecular weight is 523 g/mol. The molecule has 4 saturated carbocycles. The Balaban J connectivity index is 1.06. The second-order valence-electron chi connectivity index (χ2n) is 14.5. The Kier molecular flexibility index (Phi) is 10.7. The average Bonchev–Trinajstić information content (AvgIpc) is 2.98. The number of benzene rings is 1. The molecule has 1 heteroatoms. The molecule has 4 aliphatic carbocycles. The lowest BCUT2D eigenvalue weighted by Gasteiger charge is -2.38. The Morgan fingerprint density at radius 1 is 0.579 bits per heavy atom. The Morgan fingerprint density at radius 3 is 1.58 bits per heavy atom. The molecular formula is C37H59F. The van der Waals surface area contributed by atoms with E-state index in [2.05, 4.69) is 26.0 Å². The van der Waals surface area contributed by atoms with Crippen molar-refractivity contribution >= 4 is 0 Å². The Bertz CT molecular complexity index is 811. The Morgan fingerprint density at radius 2 is 1.08 bits per heavy atom. The van der Waals surface area contributed by atoms with E-state index in [-0.39, 0.29) is 5.82 Å². The van der Waals surface area contributed by atoms with Gasteiger partial charge in [-0.05, 0) is 142 Å². The quantitative estimate of drug-likeness (QED) is 0.283. The lowest BCUT2D eigenvalue weighted by molar-refractivity contribution is 0.155. The van der Waals surface area contributed by atoms with Crippen LogP contribution in [0.25, 0.3) is 0 Å². The molecule has 38 heavy (non-hydrogen) atoms. The summed E-state index contributed by atoms with van der Waals surface area (Å²) in [6.07, 6.45) is 29.3. The topological polar surface area (TPSA) is 0 Å². The van der Waals surface area contributed by atoms with Crippen molar-refractivity contribution in [3.63, 3.8) is 0 Å². The molecule has 1 aromatic rings. The second-order valence-corrected chi connectivity index (χ2v) is 14.5. The molecule has 0 spiro atoms. The van der Waals surface area contributed by atoms with Crippen LogP contribution in [-0.4, -0.2) is 0 Å². The highest BCUT2D eigenvalue weighted by atomic mass is 19.1. The normalized spacial score (nSPS) is 36.7. The summed E-state index contributed by atoms with van der Waals surface area (Å²) in [5, 5.41) is 0. The van der Waals surface area contributed by atoms with Gasteiger partial charge in [-0.2, -0.15) is 0 Å². The van der Waals surface area contributed by atoms with Crippen LogP contribution in [0.1, 0.15) is 172 Å². The molecule has 0 radical (unpaired) electrons. The van der Waals surface area contributed by atoms with Gasteiger partial charge in [0.1, 0.15) is 5.82 Å². The van der Waals surface area contributed by atoms with Crippen LogP contribution in [0.4, 0.5) is 4.39 Å². The van der Waals surface area contributed by atoms with Crippen molar-refractivity contribution in [2.75, 3.05) is 0 Å². The largest absolute Gasteiger partial charge is 0.207 e.